The highest BCUT2D eigenvalue weighted by Crippen LogP contribution is 2.31. The number of carbonyl (C=O) groups excluding carboxylic acids is 1. The summed E-state index contributed by atoms with van der Waals surface area (Å²) in [6.07, 6.45) is -3.77. The summed E-state index contributed by atoms with van der Waals surface area (Å²) in [5.74, 6) is -0.710. The number of hydrogen-bond acceptors (Lipinski definition) is 4. The molecule has 0 bridgehead atoms. The van der Waals surface area contributed by atoms with Crippen LogP contribution in [0.25, 0.3) is 10.7 Å². The normalized spacial score (nSPS) is 11.6. The molecule has 0 unspecified atom stereocenters. The Morgan fingerprint density at radius 2 is 2.17 bits per heavy atom. The number of H-pyrrole nitrogens is 1. The van der Waals surface area contributed by atoms with Crippen LogP contribution in [0.15, 0.2) is 18.3 Å². The van der Waals surface area contributed by atoms with Crippen LogP contribution in [0.2, 0.25) is 0 Å². The van der Waals surface area contributed by atoms with Gasteiger partial charge in [-0.3, -0.25) is 10.0 Å². The monoisotopic (exact) mass is 277 g/mol. The van der Waals surface area contributed by atoms with Crippen LogP contribution in [0.5, 0.6) is 0 Å². The van der Waals surface area contributed by atoms with Crippen LogP contribution < -0.4 is 5.48 Å². The van der Waals surface area contributed by atoms with Crippen LogP contribution in [0.4, 0.5) is 13.2 Å². The molecule has 2 rings (SSSR count). The fourth-order valence-corrected chi connectivity index (χ4v) is 2.08. The second-order valence-corrected chi connectivity index (χ2v) is 4.32. The number of amides is 1. The van der Waals surface area contributed by atoms with Crippen molar-refractivity contribution in [1.82, 2.24) is 15.4 Å². The molecule has 2 heterocycles. The Balaban J connectivity index is 2.30. The maximum atomic E-state index is 12.3. The van der Waals surface area contributed by atoms with Crippen LogP contribution in [-0.2, 0) is 6.18 Å². The Hall–Kier alpha value is -1.87. The summed E-state index contributed by atoms with van der Waals surface area (Å²) >= 11 is 0.909. The van der Waals surface area contributed by atoms with Crippen molar-refractivity contribution in [2.45, 2.75) is 6.18 Å². The molecule has 0 saturated heterocycles. The molecule has 0 radical (unpaired) electrons. The number of rotatable bonds is 2. The average molecular weight is 277 g/mol. The van der Waals surface area contributed by atoms with Crippen LogP contribution in [0.1, 0.15) is 15.4 Å². The van der Waals surface area contributed by atoms with Gasteiger partial charge in [0.2, 0.25) is 0 Å². The van der Waals surface area contributed by atoms with Gasteiger partial charge >= 0.3 is 6.18 Å². The number of alkyl halides is 3. The van der Waals surface area contributed by atoms with Gasteiger partial charge in [-0.25, -0.2) is 10.5 Å². The van der Waals surface area contributed by atoms with Crippen LogP contribution in [0, 0.1) is 0 Å². The molecule has 0 aromatic carbocycles. The van der Waals surface area contributed by atoms with Gasteiger partial charge in [-0.15, -0.1) is 11.3 Å². The Morgan fingerprint density at radius 1 is 1.44 bits per heavy atom. The molecule has 0 atom stereocenters. The van der Waals surface area contributed by atoms with E-state index in [1.807, 2.05) is 0 Å². The van der Waals surface area contributed by atoms with Crippen molar-refractivity contribution < 1.29 is 23.2 Å². The SMILES string of the molecule is O=C(NO)c1ccc(-c2nc(C(F)(F)F)c[nH]2)s1. The Kier molecular flexibility index (Phi) is 3.09. The minimum atomic E-state index is -4.52. The number of aromatic amines is 1. The van der Waals surface area contributed by atoms with Crippen LogP contribution in [0.3, 0.4) is 0 Å². The molecule has 1 amide bonds. The number of halogens is 3. The van der Waals surface area contributed by atoms with E-state index in [1.165, 1.54) is 17.6 Å². The quantitative estimate of drug-likeness (QED) is 0.582. The molecular formula is C9H6F3N3O2S. The minimum absolute atomic E-state index is 0.0179. The summed E-state index contributed by atoms with van der Waals surface area (Å²) in [6, 6.07) is 2.82. The molecule has 0 aliphatic heterocycles. The molecule has 96 valence electrons. The summed E-state index contributed by atoms with van der Waals surface area (Å²) in [5, 5.41) is 8.41. The van der Waals surface area contributed by atoms with E-state index in [0.29, 0.717) is 4.88 Å². The molecule has 2 aromatic rings. The van der Waals surface area contributed by atoms with E-state index in [4.69, 9.17) is 5.21 Å². The molecule has 0 aliphatic carbocycles. The fourth-order valence-electron chi connectivity index (χ4n) is 1.24. The average Bonchev–Trinajstić information content (AvgIpc) is 2.94. The minimum Gasteiger partial charge on any atom is -0.343 e. The van der Waals surface area contributed by atoms with E-state index in [9.17, 15) is 18.0 Å². The number of nitrogens with one attached hydrogen (secondary N) is 2. The Labute approximate surface area is 102 Å². The third-order valence-corrected chi connectivity index (χ3v) is 3.12. The van der Waals surface area contributed by atoms with E-state index >= 15 is 0 Å². The van der Waals surface area contributed by atoms with Gasteiger partial charge in [-0.05, 0) is 12.1 Å². The van der Waals surface area contributed by atoms with Crippen molar-refractivity contribution in [3.63, 3.8) is 0 Å². The largest absolute Gasteiger partial charge is 0.434 e. The highest BCUT2D eigenvalue weighted by molar-refractivity contribution is 7.17. The number of carbonyl (C=O) groups is 1. The number of hydrogen-bond donors (Lipinski definition) is 3. The second kappa shape index (κ2) is 4.42. The second-order valence-electron chi connectivity index (χ2n) is 3.24. The number of thiophene rings is 1. The summed E-state index contributed by atoms with van der Waals surface area (Å²) in [6.45, 7) is 0. The molecule has 0 aliphatic rings. The first-order chi connectivity index (χ1) is 8.41. The fraction of sp³-hybridized carbons (Fsp3) is 0.111. The van der Waals surface area contributed by atoms with Gasteiger partial charge in [0.05, 0.1) is 9.75 Å². The molecule has 0 fully saturated rings. The molecule has 9 heteroatoms. The van der Waals surface area contributed by atoms with Gasteiger partial charge in [-0.2, -0.15) is 13.2 Å². The van der Waals surface area contributed by atoms with E-state index in [2.05, 4.69) is 9.97 Å². The number of imidazole rings is 1. The summed E-state index contributed by atoms with van der Waals surface area (Å²) in [7, 11) is 0. The Morgan fingerprint density at radius 3 is 2.72 bits per heavy atom. The number of aromatic nitrogens is 2. The maximum Gasteiger partial charge on any atom is 0.434 e. The maximum absolute atomic E-state index is 12.3. The third kappa shape index (κ3) is 2.36. The van der Waals surface area contributed by atoms with E-state index in [1.54, 1.807) is 0 Å². The standard InChI is InChI=1S/C9H6F3N3O2S/c10-9(11,12)6-3-13-7(14-6)4-1-2-5(18-4)8(16)15-17/h1-3,17H,(H,13,14)(H,15,16). The lowest BCUT2D eigenvalue weighted by Gasteiger charge is -1.99. The zero-order valence-electron chi connectivity index (χ0n) is 8.58. The number of nitrogens with zero attached hydrogens (tertiary/aromatic N) is 1. The van der Waals surface area contributed by atoms with Crippen molar-refractivity contribution in [2.75, 3.05) is 0 Å². The zero-order valence-corrected chi connectivity index (χ0v) is 9.39. The summed E-state index contributed by atoms with van der Waals surface area (Å²) in [5.41, 5.74) is 0.408. The van der Waals surface area contributed by atoms with Gasteiger partial charge in [0.25, 0.3) is 5.91 Å². The highest BCUT2D eigenvalue weighted by atomic mass is 32.1. The lowest BCUT2D eigenvalue weighted by atomic mass is 10.4. The first-order valence-corrected chi connectivity index (χ1v) is 5.40. The van der Waals surface area contributed by atoms with Crippen molar-refractivity contribution >= 4 is 17.2 Å². The molecule has 2 aromatic heterocycles. The van der Waals surface area contributed by atoms with Crippen LogP contribution in [-0.4, -0.2) is 21.1 Å². The summed E-state index contributed by atoms with van der Waals surface area (Å²) in [4.78, 5) is 17.4. The number of hydroxylamine groups is 1. The van der Waals surface area contributed by atoms with E-state index in [-0.39, 0.29) is 10.7 Å². The van der Waals surface area contributed by atoms with Gasteiger partial charge in [0, 0.05) is 6.20 Å². The van der Waals surface area contributed by atoms with Crippen molar-refractivity contribution in [1.29, 1.82) is 0 Å². The van der Waals surface area contributed by atoms with Crippen molar-refractivity contribution in [3.05, 3.63) is 28.9 Å². The predicted molar refractivity (Wildman–Crippen MR) is 56.2 cm³/mol. The molecule has 3 N–H and O–H groups in total. The van der Waals surface area contributed by atoms with E-state index in [0.717, 1.165) is 17.5 Å². The molecular weight excluding hydrogens is 271 g/mol. The zero-order chi connectivity index (χ0) is 13.3. The molecule has 5 nitrogen and oxygen atoms in total. The highest BCUT2D eigenvalue weighted by Gasteiger charge is 2.33. The lowest BCUT2D eigenvalue weighted by Crippen LogP contribution is -2.16. The van der Waals surface area contributed by atoms with E-state index < -0.39 is 17.8 Å². The topological polar surface area (TPSA) is 78.0 Å². The van der Waals surface area contributed by atoms with Gasteiger partial charge < -0.3 is 4.98 Å². The first-order valence-electron chi connectivity index (χ1n) is 4.59. The van der Waals surface area contributed by atoms with Gasteiger partial charge in [-0.1, -0.05) is 0 Å². The lowest BCUT2D eigenvalue weighted by molar-refractivity contribution is -0.140. The smallest absolute Gasteiger partial charge is 0.343 e. The first kappa shape index (κ1) is 12.6. The van der Waals surface area contributed by atoms with Crippen molar-refractivity contribution in [2.24, 2.45) is 0 Å². The third-order valence-electron chi connectivity index (χ3n) is 2.03. The van der Waals surface area contributed by atoms with Crippen LogP contribution >= 0.6 is 11.3 Å². The summed E-state index contributed by atoms with van der Waals surface area (Å²) < 4.78 is 37.0. The van der Waals surface area contributed by atoms with Gasteiger partial charge in [0.15, 0.2) is 5.69 Å². The van der Waals surface area contributed by atoms with Gasteiger partial charge in [0.1, 0.15) is 5.82 Å². The molecule has 0 spiro atoms. The molecule has 0 saturated carbocycles. The molecule has 18 heavy (non-hydrogen) atoms. The Bertz CT molecular complexity index is 576. The van der Waals surface area contributed by atoms with Crippen molar-refractivity contribution in [3.8, 4) is 10.7 Å². The predicted octanol–water partition coefficient (Wildman–Crippen LogP) is 2.28.